The van der Waals surface area contributed by atoms with E-state index in [1.807, 2.05) is 18.3 Å². The Morgan fingerprint density at radius 1 is 1.37 bits per heavy atom. The van der Waals surface area contributed by atoms with Crippen LogP contribution in [0.15, 0.2) is 18.3 Å². The molecule has 2 aromatic rings. The van der Waals surface area contributed by atoms with Crippen LogP contribution in [0.5, 0.6) is 0 Å². The summed E-state index contributed by atoms with van der Waals surface area (Å²) in [6, 6.07) is 4.32. The lowest BCUT2D eigenvalue weighted by molar-refractivity contribution is 0.190. The third kappa shape index (κ3) is 4.08. The Kier molecular flexibility index (Phi) is 4.99. The number of hydrogen-bond acceptors (Lipinski definition) is 4. The summed E-state index contributed by atoms with van der Waals surface area (Å²) in [6.45, 7) is 6.69. The van der Waals surface area contributed by atoms with E-state index in [1.165, 1.54) is 9.75 Å². The first-order valence-electron chi connectivity index (χ1n) is 6.51. The predicted molar refractivity (Wildman–Crippen MR) is 79.8 cm³/mol. The van der Waals surface area contributed by atoms with Crippen molar-refractivity contribution in [2.45, 2.75) is 33.4 Å². The van der Waals surface area contributed by atoms with Crippen LogP contribution in [0.1, 0.15) is 21.9 Å². The first kappa shape index (κ1) is 14.1. The number of ether oxygens (including phenoxy) is 1. The molecule has 0 aliphatic heterocycles. The van der Waals surface area contributed by atoms with Crippen molar-refractivity contribution in [1.82, 2.24) is 9.55 Å². The highest BCUT2D eigenvalue weighted by Gasteiger charge is 2.05. The highest BCUT2D eigenvalue weighted by molar-refractivity contribution is 7.11. The van der Waals surface area contributed by atoms with Crippen LogP contribution in [-0.2, 0) is 17.8 Å². The number of aromatic nitrogens is 2. The molecule has 2 rings (SSSR count). The molecule has 0 spiro atoms. The molecule has 19 heavy (non-hydrogen) atoms. The van der Waals surface area contributed by atoms with E-state index in [9.17, 15) is 0 Å². The van der Waals surface area contributed by atoms with Crippen LogP contribution < -0.4 is 5.32 Å². The molecule has 0 saturated heterocycles. The highest BCUT2D eigenvalue weighted by Crippen LogP contribution is 2.17. The standard InChI is InChI=1S/C14H21N3OS/c1-11-10-17(7-4-8-18-3)14(16-11)15-9-13-6-5-12(2)19-13/h5-6,10H,4,7-9H2,1-3H3,(H,15,16). The minimum Gasteiger partial charge on any atom is -0.385 e. The van der Waals surface area contributed by atoms with Crippen molar-refractivity contribution >= 4 is 17.3 Å². The number of anilines is 1. The van der Waals surface area contributed by atoms with Gasteiger partial charge in [0.25, 0.3) is 0 Å². The first-order chi connectivity index (χ1) is 9.19. The number of nitrogens with one attached hydrogen (secondary N) is 1. The fourth-order valence-electron chi connectivity index (χ4n) is 1.98. The molecule has 0 saturated carbocycles. The van der Waals surface area contributed by atoms with Gasteiger partial charge in [0.2, 0.25) is 5.95 Å². The van der Waals surface area contributed by atoms with Crippen LogP contribution in [-0.4, -0.2) is 23.3 Å². The van der Waals surface area contributed by atoms with Gasteiger partial charge in [-0.3, -0.25) is 0 Å². The summed E-state index contributed by atoms with van der Waals surface area (Å²) in [7, 11) is 1.73. The molecule has 2 aromatic heterocycles. The second kappa shape index (κ2) is 6.73. The Morgan fingerprint density at radius 3 is 2.89 bits per heavy atom. The lowest BCUT2D eigenvalue weighted by Gasteiger charge is -2.08. The van der Waals surface area contributed by atoms with E-state index in [2.05, 4.69) is 40.1 Å². The second-order valence-electron chi connectivity index (χ2n) is 4.61. The Balaban J connectivity index is 1.95. The third-order valence-corrected chi connectivity index (χ3v) is 3.86. The summed E-state index contributed by atoms with van der Waals surface area (Å²) < 4.78 is 7.25. The smallest absolute Gasteiger partial charge is 0.203 e. The van der Waals surface area contributed by atoms with Gasteiger partial charge in [-0.2, -0.15) is 0 Å². The number of nitrogens with zero attached hydrogens (tertiary/aromatic N) is 2. The summed E-state index contributed by atoms with van der Waals surface area (Å²) in [4.78, 5) is 7.21. The number of imidazole rings is 1. The second-order valence-corrected chi connectivity index (χ2v) is 5.98. The first-order valence-corrected chi connectivity index (χ1v) is 7.32. The van der Waals surface area contributed by atoms with E-state index in [1.54, 1.807) is 7.11 Å². The molecular formula is C14H21N3OS. The SMILES string of the molecule is COCCCn1cc(C)nc1NCc1ccc(C)s1. The zero-order valence-electron chi connectivity index (χ0n) is 11.8. The number of hydrogen-bond donors (Lipinski definition) is 1. The van der Waals surface area contributed by atoms with E-state index in [-0.39, 0.29) is 0 Å². The van der Waals surface area contributed by atoms with E-state index in [4.69, 9.17) is 4.74 Å². The molecule has 0 amide bonds. The van der Waals surface area contributed by atoms with Gasteiger partial charge in [-0.15, -0.1) is 11.3 Å². The quantitative estimate of drug-likeness (QED) is 0.791. The maximum atomic E-state index is 5.09. The Hall–Kier alpha value is -1.33. The molecule has 0 unspecified atom stereocenters. The van der Waals surface area contributed by atoms with Crippen molar-refractivity contribution in [2.75, 3.05) is 19.0 Å². The van der Waals surface area contributed by atoms with Gasteiger partial charge in [-0.25, -0.2) is 4.98 Å². The van der Waals surface area contributed by atoms with Crippen molar-refractivity contribution in [2.24, 2.45) is 0 Å². The fraction of sp³-hybridized carbons (Fsp3) is 0.500. The Morgan fingerprint density at radius 2 is 2.21 bits per heavy atom. The van der Waals surface area contributed by atoms with Crippen LogP contribution >= 0.6 is 11.3 Å². The van der Waals surface area contributed by atoms with Crippen molar-refractivity contribution < 1.29 is 4.74 Å². The summed E-state index contributed by atoms with van der Waals surface area (Å²) in [5.41, 5.74) is 1.04. The monoisotopic (exact) mass is 279 g/mol. The fourth-order valence-corrected chi connectivity index (χ4v) is 2.81. The van der Waals surface area contributed by atoms with Crippen LogP contribution in [0.4, 0.5) is 5.95 Å². The zero-order valence-corrected chi connectivity index (χ0v) is 12.6. The Labute approximate surface area is 118 Å². The molecule has 0 aliphatic carbocycles. The minimum atomic E-state index is 0.779. The van der Waals surface area contributed by atoms with Crippen molar-refractivity contribution in [3.05, 3.63) is 33.8 Å². The number of methoxy groups -OCH3 is 1. The van der Waals surface area contributed by atoms with Crippen LogP contribution in [0, 0.1) is 13.8 Å². The summed E-state index contributed by atoms with van der Waals surface area (Å²) in [5, 5.41) is 3.41. The van der Waals surface area contributed by atoms with Gasteiger partial charge in [-0.05, 0) is 32.4 Å². The summed E-state index contributed by atoms with van der Waals surface area (Å²) in [5.74, 6) is 0.944. The van der Waals surface area contributed by atoms with E-state index in [0.29, 0.717) is 0 Å². The van der Waals surface area contributed by atoms with Crippen molar-refractivity contribution in [3.63, 3.8) is 0 Å². The zero-order chi connectivity index (χ0) is 13.7. The summed E-state index contributed by atoms with van der Waals surface area (Å²) in [6.07, 6.45) is 3.08. The minimum absolute atomic E-state index is 0.779. The third-order valence-electron chi connectivity index (χ3n) is 2.86. The largest absolute Gasteiger partial charge is 0.385 e. The van der Waals surface area contributed by atoms with Gasteiger partial charge in [-0.1, -0.05) is 0 Å². The molecular weight excluding hydrogens is 258 g/mol. The van der Waals surface area contributed by atoms with Crippen molar-refractivity contribution in [1.29, 1.82) is 0 Å². The van der Waals surface area contributed by atoms with E-state index < -0.39 is 0 Å². The topological polar surface area (TPSA) is 39.1 Å². The molecule has 0 aromatic carbocycles. The van der Waals surface area contributed by atoms with E-state index >= 15 is 0 Å². The van der Waals surface area contributed by atoms with Gasteiger partial charge in [0, 0.05) is 36.2 Å². The molecule has 0 aliphatic rings. The number of rotatable bonds is 7. The van der Waals surface area contributed by atoms with Crippen molar-refractivity contribution in [3.8, 4) is 0 Å². The molecule has 0 bridgehead atoms. The Bertz CT molecular complexity index is 518. The molecule has 0 radical (unpaired) electrons. The number of aryl methyl sites for hydroxylation is 3. The van der Waals surface area contributed by atoms with Gasteiger partial charge >= 0.3 is 0 Å². The predicted octanol–water partition coefficient (Wildman–Crippen LogP) is 3.21. The van der Waals surface area contributed by atoms with Gasteiger partial charge < -0.3 is 14.6 Å². The average Bonchev–Trinajstić information content (AvgIpc) is 2.94. The molecule has 0 atom stereocenters. The summed E-state index contributed by atoms with van der Waals surface area (Å²) >= 11 is 1.82. The van der Waals surface area contributed by atoms with Gasteiger partial charge in [0.15, 0.2) is 0 Å². The van der Waals surface area contributed by atoms with E-state index in [0.717, 1.165) is 37.8 Å². The lowest BCUT2D eigenvalue weighted by atomic mass is 10.4. The highest BCUT2D eigenvalue weighted by atomic mass is 32.1. The maximum Gasteiger partial charge on any atom is 0.203 e. The molecule has 104 valence electrons. The lowest BCUT2D eigenvalue weighted by Crippen LogP contribution is -2.08. The average molecular weight is 279 g/mol. The van der Waals surface area contributed by atoms with Gasteiger partial charge in [0.1, 0.15) is 0 Å². The molecule has 1 N–H and O–H groups in total. The maximum absolute atomic E-state index is 5.09. The van der Waals surface area contributed by atoms with Crippen LogP contribution in [0.3, 0.4) is 0 Å². The normalized spacial score (nSPS) is 10.9. The molecule has 0 fully saturated rings. The van der Waals surface area contributed by atoms with Crippen LogP contribution in [0.25, 0.3) is 0 Å². The molecule has 5 heteroatoms. The molecule has 2 heterocycles. The molecule has 4 nitrogen and oxygen atoms in total. The van der Waals surface area contributed by atoms with Crippen LogP contribution in [0.2, 0.25) is 0 Å². The number of thiophene rings is 1. The van der Waals surface area contributed by atoms with Gasteiger partial charge in [0.05, 0.1) is 12.2 Å².